The number of nitrogens with zero attached hydrogens (tertiary/aromatic N) is 6. The summed E-state index contributed by atoms with van der Waals surface area (Å²) in [5, 5.41) is 15.9. The monoisotopic (exact) mass is 598 g/mol. The normalized spacial score (nSPS) is 17.2. The van der Waals surface area contributed by atoms with Crippen LogP contribution in [0.25, 0.3) is 0 Å². The fourth-order valence-corrected chi connectivity index (χ4v) is 5.35. The van der Waals surface area contributed by atoms with Gasteiger partial charge < -0.3 is 20.4 Å². The minimum Gasteiger partial charge on any atom is -0.329 e. The number of thioether (sulfide) groups is 1. The Hall–Kier alpha value is -4.24. The molecular weight excluding hydrogens is 560 g/mol. The van der Waals surface area contributed by atoms with Gasteiger partial charge in [0.25, 0.3) is 5.91 Å². The average Bonchev–Trinajstić information content (AvgIpc) is 3.45. The molecule has 2 aromatic rings. The molecule has 2 aliphatic rings. The van der Waals surface area contributed by atoms with Gasteiger partial charge in [-0.2, -0.15) is 5.26 Å². The first-order chi connectivity index (χ1) is 20.6. The van der Waals surface area contributed by atoms with Crippen LogP contribution in [0.4, 0.5) is 11.4 Å². The van der Waals surface area contributed by atoms with Crippen LogP contribution < -0.4 is 15.5 Å². The molecule has 0 bridgehead atoms. The number of hydrogen-bond acceptors (Lipinski definition) is 9. The van der Waals surface area contributed by atoms with Crippen molar-refractivity contribution in [1.82, 2.24) is 15.1 Å². The largest absolute Gasteiger partial charge is 0.329 e. The second kappa shape index (κ2) is 14.3. The molecule has 0 radical (unpaired) electrons. The Labute approximate surface area is 257 Å². The summed E-state index contributed by atoms with van der Waals surface area (Å²) in [6.07, 6.45) is 3.70. The molecule has 1 fully saturated rings. The van der Waals surface area contributed by atoms with E-state index in [1.165, 1.54) is 11.8 Å². The first-order valence-corrected chi connectivity index (χ1v) is 15.0. The molecule has 0 atom stereocenters. The van der Waals surface area contributed by atoms with Crippen LogP contribution >= 0.6 is 11.8 Å². The summed E-state index contributed by atoms with van der Waals surface area (Å²) < 4.78 is 0. The van der Waals surface area contributed by atoms with E-state index in [2.05, 4.69) is 50.3 Å². The summed E-state index contributed by atoms with van der Waals surface area (Å²) >= 11 is 1.49. The first kappa shape index (κ1) is 31.7. The van der Waals surface area contributed by atoms with E-state index in [1.54, 1.807) is 18.2 Å². The van der Waals surface area contributed by atoms with E-state index in [0.29, 0.717) is 34.5 Å². The van der Waals surface area contributed by atoms with Gasteiger partial charge in [-0.1, -0.05) is 30.0 Å². The Morgan fingerprint density at radius 3 is 2.63 bits per heavy atom. The highest BCUT2D eigenvalue weighted by atomic mass is 32.2. The zero-order chi connectivity index (χ0) is 31.0. The maximum absolute atomic E-state index is 13.0. The van der Waals surface area contributed by atoms with Gasteiger partial charge in [0.05, 0.1) is 23.7 Å². The smallest absolute Gasteiger partial charge is 0.255 e. The molecule has 0 aliphatic carbocycles. The second-order valence-electron chi connectivity index (χ2n) is 11.1. The summed E-state index contributed by atoms with van der Waals surface area (Å²) in [6, 6.07) is 16.8. The predicted octanol–water partition coefficient (Wildman–Crippen LogP) is 4.07. The highest BCUT2D eigenvalue weighted by Crippen LogP contribution is 2.26. The van der Waals surface area contributed by atoms with Crippen LogP contribution in [0.2, 0.25) is 0 Å². The highest BCUT2D eigenvalue weighted by Gasteiger charge is 2.22. The van der Waals surface area contributed by atoms with Gasteiger partial charge in [0.2, 0.25) is 5.91 Å². The Morgan fingerprint density at radius 1 is 1.16 bits per heavy atom. The van der Waals surface area contributed by atoms with Crippen LogP contribution in [-0.4, -0.2) is 86.1 Å². The van der Waals surface area contributed by atoms with Crippen molar-refractivity contribution in [2.45, 2.75) is 19.3 Å². The Morgan fingerprint density at radius 2 is 1.91 bits per heavy atom. The minimum absolute atomic E-state index is 0.0496. The fraction of sp³-hybridized carbons (Fsp3) is 0.344. The van der Waals surface area contributed by atoms with Crippen molar-refractivity contribution in [1.29, 1.82) is 5.26 Å². The number of amidine groups is 1. The minimum atomic E-state index is -0.697. The molecule has 2 aliphatic heterocycles. The number of nitriles is 1. The van der Waals surface area contributed by atoms with Crippen molar-refractivity contribution in [2.75, 3.05) is 62.8 Å². The molecule has 0 spiro atoms. The maximum Gasteiger partial charge on any atom is 0.255 e. The van der Waals surface area contributed by atoms with Gasteiger partial charge in [0.15, 0.2) is 5.17 Å². The van der Waals surface area contributed by atoms with E-state index in [4.69, 9.17) is 0 Å². The van der Waals surface area contributed by atoms with Gasteiger partial charge in [0, 0.05) is 55.9 Å². The number of benzene rings is 2. The van der Waals surface area contributed by atoms with Crippen molar-refractivity contribution in [3.63, 3.8) is 0 Å². The fourth-order valence-electron chi connectivity index (χ4n) is 4.54. The molecule has 10 nitrogen and oxygen atoms in total. The molecule has 0 unspecified atom stereocenters. The number of aliphatic imine (C=N–C) groups is 2. The second-order valence-corrected chi connectivity index (χ2v) is 12.0. The summed E-state index contributed by atoms with van der Waals surface area (Å²) in [5.41, 5.74) is 2.80. The number of carbonyl (C=O) groups excluding carboxylic acids is 2. The summed E-state index contributed by atoms with van der Waals surface area (Å²) in [6.45, 7) is 11.4. The lowest BCUT2D eigenvalue weighted by Crippen LogP contribution is -2.48. The van der Waals surface area contributed by atoms with Gasteiger partial charge in [-0.3, -0.25) is 14.5 Å². The number of hydrogen-bond donors (Lipinski definition) is 2. The van der Waals surface area contributed by atoms with E-state index < -0.39 is 5.41 Å². The van der Waals surface area contributed by atoms with E-state index in [-0.39, 0.29) is 11.8 Å². The Balaban J connectivity index is 1.38. The molecule has 43 heavy (non-hydrogen) atoms. The Kier molecular flexibility index (Phi) is 10.5. The number of nitrogens with one attached hydrogen (secondary N) is 2. The van der Waals surface area contributed by atoms with Gasteiger partial charge in [0.1, 0.15) is 5.82 Å². The number of allylic oxidation sites excluding steroid dienone is 2. The van der Waals surface area contributed by atoms with Gasteiger partial charge in [-0.25, -0.2) is 9.98 Å². The Bertz CT molecular complexity index is 1500. The molecule has 1 saturated heterocycles. The predicted molar refractivity (Wildman–Crippen MR) is 176 cm³/mol. The number of piperazine rings is 1. The molecule has 4 rings (SSSR count). The standard InChI is InChI=1S/C32H38N8O2S/c1-32(2,22-33)24-9-6-8-23(18-24)30(42)35-25-10-7-11-27(19-25)39(5)28(34-3)13-12-26-21-43-31(36-26)37-29(41)20-40-16-14-38(4)15-17-40/h6-13,18-19H,3,14-17,20-21H2,1-2,4-5H3,(H,35,42)(H,36,37,41)/b26-12+,28-13+. The lowest BCUT2D eigenvalue weighted by atomic mass is 9.85. The van der Waals surface area contributed by atoms with E-state index in [9.17, 15) is 14.9 Å². The van der Waals surface area contributed by atoms with Crippen molar-refractivity contribution in [2.24, 2.45) is 9.98 Å². The van der Waals surface area contributed by atoms with Gasteiger partial charge >= 0.3 is 0 Å². The third-order valence-corrected chi connectivity index (χ3v) is 8.27. The molecule has 2 N–H and O–H groups in total. The number of anilines is 2. The zero-order valence-corrected chi connectivity index (χ0v) is 25.9. The van der Waals surface area contributed by atoms with E-state index in [0.717, 1.165) is 43.1 Å². The van der Waals surface area contributed by atoms with Crippen LogP contribution in [0.1, 0.15) is 29.8 Å². The van der Waals surface area contributed by atoms with Crippen LogP contribution in [-0.2, 0) is 10.2 Å². The van der Waals surface area contributed by atoms with Crippen molar-refractivity contribution in [3.8, 4) is 6.07 Å². The van der Waals surface area contributed by atoms with Gasteiger partial charge in [-0.05, 0) is 75.7 Å². The first-order valence-electron chi connectivity index (χ1n) is 14.0. The molecule has 2 amide bonds. The molecule has 0 aromatic heterocycles. The molecular formula is C32H38N8O2S. The summed E-state index contributed by atoms with van der Waals surface area (Å²) in [5.74, 6) is 0.922. The third kappa shape index (κ3) is 8.64. The molecule has 224 valence electrons. The number of rotatable bonds is 9. The molecule has 0 saturated carbocycles. The molecule has 2 aromatic carbocycles. The van der Waals surface area contributed by atoms with Crippen molar-refractivity contribution < 1.29 is 9.59 Å². The van der Waals surface area contributed by atoms with Crippen molar-refractivity contribution >= 4 is 46.8 Å². The van der Waals surface area contributed by atoms with Crippen molar-refractivity contribution in [3.05, 3.63) is 83.3 Å². The molecule has 11 heteroatoms. The van der Waals surface area contributed by atoms with Crippen LogP contribution in [0.3, 0.4) is 0 Å². The number of likely N-dealkylation sites (N-methyl/N-ethyl adjacent to an activating group) is 1. The van der Waals surface area contributed by atoms with Crippen LogP contribution in [0, 0.1) is 11.3 Å². The topological polar surface area (TPSA) is 116 Å². The third-order valence-electron chi connectivity index (χ3n) is 7.36. The summed E-state index contributed by atoms with van der Waals surface area (Å²) in [7, 11) is 3.96. The SMILES string of the molecule is C=N/C(=C\C=C1/CSC(NC(=O)CN2CCN(C)CC2)=N1)N(C)c1cccc(NC(=O)c2cccc(C(C)(C)C#N)c2)c1. The van der Waals surface area contributed by atoms with E-state index >= 15 is 0 Å². The maximum atomic E-state index is 13.0. The molecule has 2 heterocycles. The number of amides is 2. The highest BCUT2D eigenvalue weighted by molar-refractivity contribution is 8.14. The lowest BCUT2D eigenvalue weighted by molar-refractivity contribution is -0.121. The van der Waals surface area contributed by atoms with Gasteiger partial charge in [-0.15, -0.1) is 0 Å². The number of carbonyl (C=O) groups is 2. The lowest BCUT2D eigenvalue weighted by Gasteiger charge is -2.31. The summed E-state index contributed by atoms with van der Waals surface area (Å²) in [4.78, 5) is 40.5. The zero-order valence-electron chi connectivity index (χ0n) is 25.1. The van der Waals surface area contributed by atoms with E-state index in [1.807, 2.05) is 68.3 Å². The van der Waals surface area contributed by atoms with Crippen LogP contribution in [0.15, 0.2) is 82.2 Å². The quantitative estimate of drug-likeness (QED) is 0.418. The van der Waals surface area contributed by atoms with Crippen LogP contribution in [0.5, 0.6) is 0 Å². The average molecular weight is 599 g/mol.